The predicted molar refractivity (Wildman–Crippen MR) is 32.3 cm³/mol. The summed E-state index contributed by atoms with van der Waals surface area (Å²) in [5.41, 5.74) is 7.78. The first-order valence-corrected chi connectivity index (χ1v) is 2.67. The Hall–Kier alpha value is -1.63. The molecule has 10 heavy (non-hydrogen) atoms. The summed E-state index contributed by atoms with van der Waals surface area (Å²) in [4.78, 5) is 0. The highest BCUT2D eigenvalue weighted by Crippen LogP contribution is 1.80. The third kappa shape index (κ3) is 0.685. The minimum atomic E-state index is 0.567. The molecule has 0 radical (unpaired) electrons. The third-order valence-electron chi connectivity index (χ3n) is 1.03. The van der Waals surface area contributed by atoms with Crippen molar-refractivity contribution in [1.82, 2.24) is 31.5 Å². The standard InChI is InChI=1S/C3H5N7/c1-2-10(9-4-1)3-5-7-8-6-3/h1-2,7-8H,(H,5,6). The Morgan fingerprint density at radius 3 is 3.10 bits per heavy atom. The van der Waals surface area contributed by atoms with Gasteiger partial charge in [0.1, 0.15) is 0 Å². The highest BCUT2D eigenvalue weighted by atomic mass is 15.8. The Balaban J connectivity index is 2.28. The van der Waals surface area contributed by atoms with Crippen LogP contribution in [0.2, 0.25) is 0 Å². The summed E-state index contributed by atoms with van der Waals surface area (Å²) in [7, 11) is 0. The summed E-state index contributed by atoms with van der Waals surface area (Å²) in [5.74, 6) is 0.567. The maximum absolute atomic E-state index is 3.78. The fourth-order valence-electron chi connectivity index (χ4n) is 0.622. The molecule has 0 aliphatic carbocycles. The first-order valence-electron chi connectivity index (χ1n) is 2.67. The van der Waals surface area contributed by atoms with Gasteiger partial charge in [-0.2, -0.15) is 4.68 Å². The lowest BCUT2D eigenvalue weighted by atomic mass is 10.9. The van der Waals surface area contributed by atoms with Crippen molar-refractivity contribution in [2.45, 2.75) is 0 Å². The van der Waals surface area contributed by atoms with Crippen LogP contribution in [-0.2, 0) is 0 Å². The molecule has 1 aromatic heterocycles. The number of hydrazone groups is 1. The Bertz CT molecular complexity index is 235. The van der Waals surface area contributed by atoms with E-state index in [0.29, 0.717) is 5.96 Å². The average molecular weight is 139 g/mol. The molecule has 0 fully saturated rings. The zero-order valence-electron chi connectivity index (χ0n) is 4.94. The van der Waals surface area contributed by atoms with Gasteiger partial charge in [0, 0.05) is 0 Å². The van der Waals surface area contributed by atoms with Crippen LogP contribution in [0.4, 0.5) is 0 Å². The number of hydrogen-bond acceptors (Lipinski definition) is 6. The lowest BCUT2D eigenvalue weighted by molar-refractivity contribution is 0.574. The topological polar surface area (TPSA) is 79.2 Å². The van der Waals surface area contributed by atoms with E-state index in [9.17, 15) is 0 Å². The van der Waals surface area contributed by atoms with E-state index in [2.05, 4.69) is 31.9 Å². The van der Waals surface area contributed by atoms with Gasteiger partial charge in [0.15, 0.2) is 0 Å². The van der Waals surface area contributed by atoms with Crippen LogP contribution in [0.25, 0.3) is 0 Å². The smallest absolute Gasteiger partial charge is 0.259 e. The number of hydrazine groups is 2. The van der Waals surface area contributed by atoms with E-state index in [1.54, 1.807) is 12.4 Å². The molecule has 0 unspecified atom stereocenters. The van der Waals surface area contributed by atoms with Gasteiger partial charge >= 0.3 is 0 Å². The summed E-state index contributed by atoms with van der Waals surface area (Å²) in [5, 5.41) is 11.1. The molecule has 1 aromatic rings. The lowest BCUT2D eigenvalue weighted by Crippen LogP contribution is -2.37. The number of nitrogens with zero attached hydrogens (tertiary/aromatic N) is 4. The van der Waals surface area contributed by atoms with Crippen LogP contribution in [-0.4, -0.2) is 21.0 Å². The second kappa shape index (κ2) is 1.95. The molecule has 52 valence electrons. The Morgan fingerprint density at radius 1 is 1.50 bits per heavy atom. The molecular formula is C3H5N7. The molecule has 3 N–H and O–H groups in total. The number of nitrogens with one attached hydrogen (secondary N) is 3. The van der Waals surface area contributed by atoms with E-state index in [1.165, 1.54) is 4.68 Å². The molecule has 7 heteroatoms. The van der Waals surface area contributed by atoms with Gasteiger partial charge in [-0.15, -0.1) is 15.7 Å². The molecule has 1 aliphatic rings. The molecule has 1 aliphatic heterocycles. The second-order valence-corrected chi connectivity index (χ2v) is 1.64. The molecule has 2 heterocycles. The van der Waals surface area contributed by atoms with Crippen LogP contribution in [0.1, 0.15) is 0 Å². The molecule has 0 atom stereocenters. The van der Waals surface area contributed by atoms with Crippen molar-refractivity contribution in [3.05, 3.63) is 12.4 Å². The predicted octanol–water partition coefficient (Wildman–Crippen LogP) is -1.99. The Labute approximate surface area is 56.0 Å². The number of aromatic nitrogens is 3. The lowest BCUT2D eigenvalue weighted by Gasteiger charge is -1.95. The molecule has 0 amide bonds. The van der Waals surface area contributed by atoms with E-state index in [4.69, 9.17) is 0 Å². The van der Waals surface area contributed by atoms with Crippen molar-refractivity contribution in [3.8, 4) is 0 Å². The van der Waals surface area contributed by atoms with Crippen LogP contribution in [0, 0.1) is 0 Å². The van der Waals surface area contributed by atoms with Crippen LogP contribution < -0.4 is 16.5 Å². The minimum absolute atomic E-state index is 0.567. The highest BCUT2D eigenvalue weighted by molar-refractivity contribution is 5.81. The SMILES string of the molecule is c1cn(C2=NNNN2)nn1. The molecule has 7 nitrogen and oxygen atoms in total. The van der Waals surface area contributed by atoms with Gasteiger partial charge in [-0.25, -0.2) is 5.53 Å². The highest BCUT2D eigenvalue weighted by Gasteiger charge is 2.05. The first-order chi connectivity index (χ1) is 4.97. The van der Waals surface area contributed by atoms with Crippen LogP contribution >= 0.6 is 0 Å². The summed E-state index contributed by atoms with van der Waals surface area (Å²) >= 11 is 0. The van der Waals surface area contributed by atoms with Gasteiger partial charge < -0.3 is 0 Å². The van der Waals surface area contributed by atoms with Gasteiger partial charge in [0.05, 0.1) is 12.4 Å². The zero-order valence-corrected chi connectivity index (χ0v) is 4.94. The van der Waals surface area contributed by atoms with E-state index >= 15 is 0 Å². The molecule has 2 rings (SSSR count). The van der Waals surface area contributed by atoms with Gasteiger partial charge in [-0.05, 0) is 0 Å². The van der Waals surface area contributed by atoms with Crippen molar-refractivity contribution in [2.75, 3.05) is 0 Å². The van der Waals surface area contributed by atoms with Crippen molar-refractivity contribution < 1.29 is 0 Å². The van der Waals surface area contributed by atoms with Gasteiger partial charge in [-0.1, -0.05) is 5.21 Å². The van der Waals surface area contributed by atoms with Crippen LogP contribution in [0.5, 0.6) is 0 Å². The summed E-state index contributed by atoms with van der Waals surface area (Å²) in [6.45, 7) is 0. The van der Waals surface area contributed by atoms with Crippen LogP contribution in [0.15, 0.2) is 17.5 Å². The Kier molecular flexibility index (Phi) is 1.01. The van der Waals surface area contributed by atoms with Gasteiger partial charge in [-0.3, -0.25) is 5.43 Å². The monoisotopic (exact) mass is 139 g/mol. The fraction of sp³-hybridized carbons (Fsp3) is 0. The summed E-state index contributed by atoms with van der Waals surface area (Å²) < 4.78 is 1.49. The minimum Gasteiger partial charge on any atom is -0.269 e. The largest absolute Gasteiger partial charge is 0.269 e. The number of hydrogen-bond donors (Lipinski definition) is 3. The Morgan fingerprint density at radius 2 is 2.50 bits per heavy atom. The molecule has 0 saturated heterocycles. The van der Waals surface area contributed by atoms with Gasteiger partial charge in [0.2, 0.25) is 0 Å². The van der Waals surface area contributed by atoms with Crippen molar-refractivity contribution in [2.24, 2.45) is 5.10 Å². The number of rotatable bonds is 0. The molecule has 0 saturated carbocycles. The third-order valence-corrected chi connectivity index (χ3v) is 1.03. The molecule has 0 aromatic carbocycles. The van der Waals surface area contributed by atoms with Crippen molar-refractivity contribution >= 4 is 5.96 Å². The van der Waals surface area contributed by atoms with E-state index in [1.807, 2.05) is 0 Å². The maximum Gasteiger partial charge on any atom is 0.259 e. The summed E-state index contributed by atoms with van der Waals surface area (Å²) in [6.07, 6.45) is 3.25. The molecular weight excluding hydrogens is 134 g/mol. The van der Waals surface area contributed by atoms with Crippen LogP contribution in [0.3, 0.4) is 0 Å². The average Bonchev–Trinajstić information content (AvgIpc) is 2.59. The fourth-order valence-corrected chi connectivity index (χ4v) is 0.622. The zero-order chi connectivity index (χ0) is 6.81. The molecule has 0 bridgehead atoms. The van der Waals surface area contributed by atoms with E-state index < -0.39 is 0 Å². The quantitative estimate of drug-likeness (QED) is 0.388. The normalized spacial score (nSPS) is 15.8. The van der Waals surface area contributed by atoms with Gasteiger partial charge in [0.25, 0.3) is 5.96 Å². The van der Waals surface area contributed by atoms with Crippen molar-refractivity contribution in [3.63, 3.8) is 0 Å². The molecule has 0 spiro atoms. The first kappa shape index (κ1) is 5.18. The van der Waals surface area contributed by atoms with E-state index in [-0.39, 0.29) is 0 Å². The van der Waals surface area contributed by atoms with Crippen molar-refractivity contribution in [1.29, 1.82) is 0 Å². The van der Waals surface area contributed by atoms with E-state index in [0.717, 1.165) is 0 Å². The second-order valence-electron chi connectivity index (χ2n) is 1.64. The summed E-state index contributed by atoms with van der Waals surface area (Å²) in [6, 6.07) is 0. The maximum atomic E-state index is 3.78.